The van der Waals surface area contributed by atoms with E-state index in [1.54, 1.807) is 6.07 Å². The van der Waals surface area contributed by atoms with Gasteiger partial charge in [0.2, 0.25) is 5.91 Å². The van der Waals surface area contributed by atoms with Crippen LogP contribution in [0.3, 0.4) is 0 Å². The number of anilines is 1. The number of rotatable bonds is 5. The zero-order valence-electron chi connectivity index (χ0n) is 12.9. The Kier molecular flexibility index (Phi) is 5.44. The van der Waals surface area contributed by atoms with Crippen molar-refractivity contribution in [3.63, 3.8) is 0 Å². The summed E-state index contributed by atoms with van der Waals surface area (Å²) in [6.45, 7) is 2.09. The van der Waals surface area contributed by atoms with Crippen LogP contribution in [0.1, 0.15) is 19.3 Å². The molecule has 0 aliphatic carbocycles. The number of benzene rings is 1. The average Bonchev–Trinajstić information content (AvgIpc) is 2.47. The summed E-state index contributed by atoms with van der Waals surface area (Å²) in [5.74, 6) is 0.894. The quantitative estimate of drug-likeness (QED) is 0.837. The molecule has 0 spiro atoms. The van der Waals surface area contributed by atoms with E-state index in [1.807, 2.05) is 23.1 Å². The molecule has 5 heteroatoms. The molecule has 1 amide bonds. The molecule has 1 heterocycles. The zero-order valence-corrected chi connectivity index (χ0v) is 12.9. The number of nitrogens with two attached hydrogens (primary N) is 1. The van der Waals surface area contributed by atoms with E-state index in [9.17, 15) is 4.79 Å². The molecule has 0 bridgehead atoms. The summed E-state index contributed by atoms with van der Waals surface area (Å²) in [5.41, 5.74) is 6.36. The van der Waals surface area contributed by atoms with Crippen molar-refractivity contribution in [2.45, 2.75) is 25.3 Å². The van der Waals surface area contributed by atoms with Crippen LogP contribution in [0.25, 0.3) is 0 Å². The number of hydrogen-bond acceptors (Lipinski definition) is 4. The summed E-state index contributed by atoms with van der Waals surface area (Å²) in [5, 5.41) is 0. The number of nitrogen functional groups attached to an aromatic ring is 1. The second kappa shape index (κ2) is 7.31. The fraction of sp³-hybridized carbons (Fsp3) is 0.562. The third-order valence-electron chi connectivity index (χ3n) is 3.99. The number of nitrogens with zero attached hydrogens (tertiary/aromatic N) is 2. The summed E-state index contributed by atoms with van der Waals surface area (Å²) < 4.78 is 5.57. The Balaban J connectivity index is 1.71. The number of hydrogen-bond donors (Lipinski definition) is 1. The van der Waals surface area contributed by atoms with Gasteiger partial charge in [0.25, 0.3) is 0 Å². The van der Waals surface area contributed by atoms with E-state index in [1.165, 1.54) is 0 Å². The second-order valence-corrected chi connectivity index (χ2v) is 5.75. The van der Waals surface area contributed by atoms with Crippen LogP contribution in [0.15, 0.2) is 24.3 Å². The van der Waals surface area contributed by atoms with E-state index in [0.29, 0.717) is 30.5 Å². The smallest absolute Gasteiger partial charge is 0.225 e. The highest BCUT2D eigenvalue weighted by Crippen LogP contribution is 2.16. The molecule has 1 aliphatic heterocycles. The predicted octanol–water partition coefficient (Wildman–Crippen LogP) is 1.59. The third kappa shape index (κ3) is 4.63. The molecule has 0 atom stereocenters. The molecule has 1 aromatic carbocycles. The first-order valence-electron chi connectivity index (χ1n) is 7.49. The Morgan fingerprint density at radius 2 is 2.10 bits per heavy atom. The molecule has 1 saturated heterocycles. The van der Waals surface area contributed by atoms with Gasteiger partial charge in [-0.15, -0.1) is 0 Å². The lowest BCUT2D eigenvalue weighted by Crippen LogP contribution is -2.44. The lowest BCUT2D eigenvalue weighted by Gasteiger charge is -2.35. The maximum atomic E-state index is 12.1. The van der Waals surface area contributed by atoms with E-state index < -0.39 is 0 Å². The highest BCUT2D eigenvalue weighted by molar-refractivity contribution is 5.76. The van der Waals surface area contributed by atoms with E-state index >= 15 is 0 Å². The first-order chi connectivity index (χ1) is 10.1. The molecule has 0 radical (unpaired) electrons. The summed E-state index contributed by atoms with van der Waals surface area (Å²) in [7, 11) is 4.20. The zero-order chi connectivity index (χ0) is 15.2. The third-order valence-corrected chi connectivity index (χ3v) is 3.99. The van der Waals surface area contributed by atoms with Gasteiger partial charge in [-0.1, -0.05) is 6.07 Å². The number of carbonyl (C=O) groups is 1. The molecule has 2 N–H and O–H groups in total. The molecule has 21 heavy (non-hydrogen) atoms. The number of carbonyl (C=O) groups excluding carboxylic acids is 1. The average molecular weight is 291 g/mol. The summed E-state index contributed by atoms with van der Waals surface area (Å²) >= 11 is 0. The van der Waals surface area contributed by atoms with Crippen LogP contribution in [0.2, 0.25) is 0 Å². The van der Waals surface area contributed by atoms with E-state index in [0.717, 1.165) is 25.9 Å². The van der Waals surface area contributed by atoms with Crippen molar-refractivity contribution >= 4 is 11.6 Å². The number of ether oxygens (including phenoxy) is 1. The van der Waals surface area contributed by atoms with Crippen molar-refractivity contribution in [1.29, 1.82) is 0 Å². The maximum Gasteiger partial charge on any atom is 0.225 e. The fourth-order valence-electron chi connectivity index (χ4n) is 2.65. The van der Waals surface area contributed by atoms with Crippen molar-refractivity contribution in [2.75, 3.05) is 39.5 Å². The molecule has 2 rings (SSSR count). The topological polar surface area (TPSA) is 58.8 Å². The molecular weight excluding hydrogens is 266 g/mol. The standard InChI is InChI=1S/C16H25N3O2/c1-18(2)14-6-9-19(10-7-14)16(20)8-11-21-15-5-3-4-13(17)12-15/h3-5,12,14H,6-11,17H2,1-2H3. The lowest BCUT2D eigenvalue weighted by atomic mass is 10.0. The van der Waals surface area contributed by atoms with E-state index in [4.69, 9.17) is 10.5 Å². The minimum Gasteiger partial charge on any atom is -0.493 e. The van der Waals surface area contributed by atoms with Gasteiger partial charge in [-0.05, 0) is 39.1 Å². The van der Waals surface area contributed by atoms with Crippen LogP contribution < -0.4 is 10.5 Å². The Morgan fingerprint density at radius 1 is 1.38 bits per heavy atom. The van der Waals surface area contributed by atoms with Crippen molar-refractivity contribution in [2.24, 2.45) is 0 Å². The summed E-state index contributed by atoms with van der Waals surface area (Å²) in [6.07, 6.45) is 2.52. The van der Waals surface area contributed by atoms with Crippen molar-refractivity contribution in [3.8, 4) is 5.75 Å². The Hall–Kier alpha value is -1.75. The van der Waals surface area contributed by atoms with Gasteiger partial charge in [0.1, 0.15) is 5.75 Å². The highest BCUT2D eigenvalue weighted by atomic mass is 16.5. The van der Waals surface area contributed by atoms with E-state index in [2.05, 4.69) is 19.0 Å². The van der Waals surface area contributed by atoms with Crippen LogP contribution in [-0.4, -0.2) is 55.5 Å². The molecule has 1 aromatic rings. The molecule has 0 saturated carbocycles. The van der Waals surface area contributed by atoms with Gasteiger partial charge in [-0.3, -0.25) is 4.79 Å². The van der Waals surface area contributed by atoms with Crippen LogP contribution in [0, 0.1) is 0 Å². The number of piperidine rings is 1. The van der Waals surface area contributed by atoms with Crippen LogP contribution in [0.5, 0.6) is 5.75 Å². The lowest BCUT2D eigenvalue weighted by molar-refractivity contribution is -0.133. The Morgan fingerprint density at radius 3 is 2.71 bits per heavy atom. The molecule has 5 nitrogen and oxygen atoms in total. The van der Waals surface area contributed by atoms with Crippen LogP contribution in [-0.2, 0) is 4.79 Å². The highest BCUT2D eigenvalue weighted by Gasteiger charge is 2.23. The van der Waals surface area contributed by atoms with Crippen molar-refractivity contribution in [1.82, 2.24) is 9.80 Å². The minimum atomic E-state index is 0.177. The number of amides is 1. The van der Waals surface area contributed by atoms with Crippen LogP contribution >= 0.6 is 0 Å². The van der Waals surface area contributed by atoms with Crippen LogP contribution in [0.4, 0.5) is 5.69 Å². The molecule has 0 aromatic heterocycles. The van der Waals surface area contributed by atoms with Crippen molar-refractivity contribution in [3.05, 3.63) is 24.3 Å². The molecule has 1 aliphatic rings. The molecule has 1 fully saturated rings. The first-order valence-corrected chi connectivity index (χ1v) is 7.49. The maximum absolute atomic E-state index is 12.1. The second-order valence-electron chi connectivity index (χ2n) is 5.75. The summed E-state index contributed by atoms with van der Waals surface area (Å²) in [6, 6.07) is 7.87. The van der Waals surface area contributed by atoms with Crippen molar-refractivity contribution < 1.29 is 9.53 Å². The van der Waals surface area contributed by atoms with Gasteiger partial charge in [-0.2, -0.15) is 0 Å². The van der Waals surface area contributed by atoms with Gasteiger partial charge >= 0.3 is 0 Å². The first kappa shape index (κ1) is 15.6. The summed E-state index contributed by atoms with van der Waals surface area (Å²) in [4.78, 5) is 16.3. The molecule has 116 valence electrons. The Labute approximate surface area is 126 Å². The van der Waals surface area contributed by atoms with Gasteiger partial charge in [0.05, 0.1) is 13.0 Å². The fourth-order valence-corrected chi connectivity index (χ4v) is 2.65. The minimum absolute atomic E-state index is 0.177. The largest absolute Gasteiger partial charge is 0.493 e. The SMILES string of the molecule is CN(C)C1CCN(C(=O)CCOc2cccc(N)c2)CC1. The van der Waals surface area contributed by atoms with Gasteiger partial charge < -0.3 is 20.3 Å². The molecular formula is C16H25N3O2. The molecule has 0 unspecified atom stereocenters. The Bertz CT molecular complexity index is 468. The number of likely N-dealkylation sites (tertiary alicyclic amines) is 1. The van der Waals surface area contributed by atoms with Gasteiger partial charge in [-0.25, -0.2) is 0 Å². The van der Waals surface area contributed by atoms with Gasteiger partial charge in [0, 0.05) is 30.9 Å². The van der Waals surface area contributed by atoms with E-state index in [-0.39, 0.29) is 5.91 Å². The normalized spacial score (nSPS) is 16.2. The predicted molar refractivity (Wildman–Crippen MR) is 84.3 cm³/mol. The monoisotopic (exact) mass is 291 g/mol. The van der Waals surface area contributed by atoms with Gasteiger partial charge in [0.15, 0.2) is 0 Å².